The number of carboxylic acid groups (broad SMARTS) is 1. The molecule has 0 aliphatic carbocycles. The molecule has 1 aliphatic heterocycles. The van der Waals surface area contributed by atoms with Crippen LogP contribution >= 0.6 is 0 Å². The summed E-state index contributed by atoms with van der Waals surface area (Å²) in [6.45, 7) is 0. The topological polar surface area (TPSA) is 83.5 Å². The Kier molecular flexibility index (Phi) is 1.72. The van der Waals surface area contributed by atoms with E-state index in [0.29, 0.717) is 0 Å². The fourth-order valence-electron chi connectivity index (χ4n) is 0.706. The Balaban J connectivity index is 2.85. The smallest absolute Gasteiger partial charge is 0.320 e. The molecule has 1 unspecified atom stereocenters. The van der Waals surface area contributed by atoms with Crippen LogP contribution in [0.4, 0.5) is 0 Å². The van der Waals surface area contributed by atoms with Crippen molar-refractivity contribution in [2.45, 2.75) is 0 Å². The van der Waals surface area contributed by atoms with E-state index < -0.39 is 23.7 Å². The van der Waals surface area contributed by atoms with Crippen LogP contribution in [-0.2, 0) is 14.4 Å². The fraction of sp³-hybridized carbons (Fsp3) is 0.167. The van der Waals surface area contributed by atoms with Crippen molar-refractivity contribution in [1.82, 2.24) is 5.32 Å². The molecule has 0 saturated heterocycles. The summed E-state index contributed by atoms with van der Waals surface area (Å²) in [5.74, 6) is -3.85. The maximum absolute atomic E-state index is 10.7. The fourth-order valence-corrected chi connectivity index (χ4v) is 0.706. The molecule has 0 bridgehead atoms. The maximum atomic E-state index is 10.7. The molecule has 11 heavy (non-hydrogen) atoms. The van der Waals surface area contributed by atoms with Gasteiger partial charge in [0.05, 0.1) is 0 Å². The second-order valence-electron chi connectivity index (χ2n) is 2.03. The molecule has 2 N–H and O–H groups in total. The van der Waals surface area contributed by atoms with Gasteiger partial charge in [-0.25, -0.2) is 0 Å². The van der Waals surface area contributed by atoms with E-state index in [1.165, 1.54) is 0 Å². The minimum Gasteiger partial charge on any atom is -0.480 e. The number of hydrogen-bond acceptors (Lipinski definition) is 3. The average Bonchev–Trinajstić information content (AvgIpc) is 1.85. The number of hydrogen-bond donors (Lipinski definition) is 2. The van der Waals surface area contributed by atoms with E-state index in [4.69, 9.17) is 5.11 Å². The SMILES string of the molecule is O=C1C=CC(C(=O)O)C(=O)N1. The Bertz CT molecular complexity index is 255. The van der Waals surface area contributed by atoms with Crippen LogP contribution in [0.25, 0.3) is 0 Å². The van der Waals surface area contributed by atoms with Crippen molar-refractivity contribution in [2.75, 3.05) is 0 Å². The van der Waals surface area contributed by atoms with Crippen LogP contribution in [-0.4, -0.2) is 22.9 Å². The van der Waals surface area contributed by atoms with Crippen LogP contribution in [0.2, 0.25) is 0 Å². The van der Waals surface area contributed by atoms with Crippen molar-refractivity contribution in [3.8, 4) is 0 Å². The predicted molar refractivity (Wildman–Crippen MR) is 33.4 cm³/mol. The Morgan fingerprint density at radius 3 is 2.64 bits per heavy atom. The first-order valence-electron chi connectivity index (χ1n) is 2.87. The standard InChI is InChI=1S/C6H5NO4/c8-4-2-1-3(6(10)11)5(9)7-4/h1-3H,(H,10,11)(H,7,8,9). The summed E-state index contributed by atoms with van der Waals surface area (Å²) in [5.41, 5.74) is 0. The summed E-state index contributed by atoms with van der Waals surface area (Å²) in [6.07, 6.45) is 2.09. The zero-order valence-corrected chi connectivity index (χ0v) is 5.40. The third kappa shape index (κ3) is 1.43. The van der Waals surface area contributed by atoms with Gasteiger partial charge in [-0.2, -0.15) is 0 Å². The average molecular weight is 155 g/mol. The first kappa shape index (κ1) is 7.46. The molecule has 2 amide bonds. The van der Waals surface area contributed by atoms with Crippen molar-refractivity contribution in [3.05, 3.63) is 12.2 Å². The van der Waals surface area contributed by atoms with E-state index in [1.807, 2.05) is 5.32 Å². The third-order valence-electron chi connectivity index (χ3n) is 1.23. The summed E-state index contributed by atoms with van der Waals surface area (Å²) < 4.78 is 0. The summed E-state index contributed by atoms with van der Waals surface area (Å²) in [6, 6.07) is 0. The molecule has 0 saturated carbocycles. The summed E-state index contributed by atoms with van der Waals surface area (Å²) in [5, 5.41) is 10.2. The van der Waals surface area contributed by atoms with Crippen LogP contribution in [0, 0.1) is 5.92 Å². The van der Waals surface area contributed by atoms with E-state index in [1.54, 1.807) is 0 Å². The van der Waals surface area contributed by atoms with Gasteiger partial charge in [-0.1, -0.05) is 6.08 Å². The van der Waals surface area contributed by atoms with Gasteiger partial charge in [0.1, 0.15) is 0 Å². The molecule has 0 radical (unpaired) electrons. The van der Waals surface area contributed by atoms with Crippen LogP contribution in [0.3, 0.4) is 0 Å². The number of imide groups is 1. The predicted octanol–water partition coefficient (Wildman–Crippen LogP) is -1.10. The van der Waals surface area contributed by atoms with Gasteiger partial charge in [-0.05, 0) is 0 Å². The highest BCUT2D eigenvalue weighted by atomic mass is 16.4. The normalized spacial score (nSPS) is 23.1. The highest BCUT2D eigenvalue weighted by Crippen LogP contribution is 2.03. The second-order valence-corrected chi connectivity index (χ2v) is 2.03. The number of amides is 2. The van der Waals surface area contributed by atoms with Gasteiger partial charge >= 0.3 is 5.97 Å². The van der Waals surface area contributed by atoms with Gasteiger partial charge in [0.25, 0.3) is 0 Å². The molecule has 0 aromatic heterocycles. The van der Waals surface area contributed by atoms with E-state index in [9.17, 15) is 14.4 Å². The molecule has 0 aromatic rings. The summed E-state index contributed by atoms with van der Waals surface area (Å²) in [7, 11) is 0. The van der Waals surface area contributed by atoms with E-state index in [2.05, 4.69) is 0 Å². The second kappa shape index (κ2) is 2.53. The maximum Gasteiger partial charge on any atom is 0.320 e. The molecule has 0 spiro atoms. The van der Waals surface area contributed by atoms with Crippen molar-refractivity contribution in [2.24, 2.45) is 5.92 Å². The van der Waals surface area contributed by atoms with Crippen molar-refractivity contribution < 1.29 is 19.5 Å². The summed E-state index contributed by atoms with van der Waals surface area (Å²) in [4.78, 5) is 31.4. The van der Waals surface area contributed by atoms with Gasteiger partial charge in [-0.15, -0.1) is 0 Å². The molecule has 5 heteroatoms. The molecule has 1 aliphatic rings. The Hall–Kier alpha value is -1.65. The lowest BCUT2D eigenvalue weighted by atomic mass is 10.1. The van der Waals surface area contributed by atoms with Gasteiger partial charge in [-0.3, -0.25) is 19.7 Å². The number of carbonyl (C=O) groups excluding carboxylic acids is 2. The van der Waals surface area contributed by atoms with Crippen molar-refractivity contribution in [1.29, 1.82) is 0 Å². The molecule has 5 nitrogen and oxygen atoms in total. The minimum absolute atomic E-state index is 0.576. The van der Waals surface area contributed by atoms with E-state index >= 15 is 0 Å². The number of carbonyl (C=O) groups is 3. The lowest BCUT2D eigenvalue weighted by Gasteiger charge is -2.10. The minimum atomic E-state index is -1.26. The first-order chi connectivity index (χ1) is 5.11. The molecule has 1 heterocycles. The van der Waals surface area contributed by atoms with E-state index in [-0.39, 0.29) is 0 Å². The first-order valence-corrected chi connectivity index (χ1v) is 2.87. The monoisotopic (exact) mass is 155 g/mol. The zero-order valence-electron chi connectivity index (χ0n) is 5.40. The lowest BCUT2D eigenvalue weighted by molar-refractivity contribution is -0.145. The van der Waals surface area contributed by atoms with Crippen LogP contribution < -0.4 is 5.32 Å². The van der Waals surface area contributed by atoms with Gasteiger partial charge in [0, 0.05) is 6.08 Å². The van der Waals surface area contributed by atoms with Gasteiger partial charge < -0.3 is 5.11 Å². The lowest BCUT2D eigenvalue weighted by Crippen LogP contribution is -2.40. The Labute approximate surface area is 61.7 Å². The molecular weight excluding hydrogens is 150 g/mol. The van der Waals surface area contributed by atoms with E-state index in [0.717, 1.165) is 12.2 Å². The number of nitrogens with one attached hydrogen (secondary N) is 1. The number of rotatable bonds is 1. The Morgan fingerprint density at radius 1 is 1.55 bits per heavy atom. The molecular formula is C6H5NO4. The van der Waals surface area contributed by atoms with Crippen LogP contribution in [0.5, 0.6) is 0 Å². The van der Waals surface area contributed by atoms with Gasteiger partial charge in [0.15, 0.2) is 5.92 Å². The Morgan fingerprint density at radius 2 is 2.18 bits per heavy atom. The number of aliphatic carboxylic acids is 1. The van der Waals surface area contributed by atoms with Crippen molar-refractivity contribution in [3.63, 3.8) is 0 Å². The van der Waals surface area contributed by atoms with Gasteiger partial charge in [0.2, 0.25) is 11.8 Å². The quantitative estimate of drug-likeness (QED) is 0.372. The van der Waals surface area contributed by atoms with Crippen LogP contribution in [0.15, 0.2) is 12.2 Å². The van der Waals surface area contributed by atoms with Crippen LogP contribution in [0.1, 0.15) is 0 Å². The molecule has 0 fully saturated rings. The third-order valence-corrected chi connectivity index (χ3v) is 1.23. The highest BCUT2D eigenvalue weighted by molar-refractivity contribution is 6.11. The number of carboxylic acids is 1. The molecule has 1 atom stereocenters. The molecule has 1 rings (SSSR count). The molecule has 58 valence electrons. The largest absolute Gasteiger partial charge is 0.480 e. The highest BCUT2D eigenvalue weighted by Gasteiger charge is 2.27. The zero-order chi connectivity index (χ0) is 8.43. The van der Waals surface area contributed by atoms with Crippen molar-refractivity contribution >= 4 is 17.8 Å². The summed E-state index contributed by atoms with van der Waals surface area (Å²) >= 11 is 0. The molecule has 0 aromatic carbocycles.